The SMILES string of the molecule is c1ccc(Nn2cccn2)nc1. The highest BCUT2D eigenvalue weighted by atomic mass is 15.6. The van der Waals surface area contributed by atoms with Crippen LogP contribution in [0.5, 0.6) is 0 Å². The quantitative estimate of drug-likeness (QED) is 0.716. The molecule has 4 nitrogen and oxygen atoms in total. The van der Waals surface area contributed by atoms with Crippen molar-refractivity contribution in [2.75, 3.05) is 5.43 Å². The van der Waals surface area contributed by atoms with Crippen LogP contribution in [-0.2, 0) is 0 Å². The third-order valence-electron chi connectivity index (χ3n) is 1.40. The number of hydrogen-bond donors (Lipinski definition) is 1. The van der Waals surface area contributed by atoms with Crippen molar-refractivity contribution in [3.8, 4) is 0 Å². The zero-order chi connectivity index (χ0) is 8.23. The Balaban J connectivity index is 2.15. The first-order chi connectivity index (χ1) is 5.95. The van der Waals surface area contributed by atoms with Crippen molar-refractivity contribution in [3.63, 3.8) is 0 Å². The van der Waals surface area contributed by atoms with Crippen LogP contribution in [0, 0.1) is 0 Å². The molecule has 0 spiro atoms. The van der Waals surface area contributed by atoms with Crippen LogP contribution in [0.3, 0.4) is 0 Å². The van der Waals surface area contributed by atoms with E-state index in [1.54, 1.807) is 17.2 Å². The van der Waals surface area contributed by atoms with E-state index in [-0.39, 0.29) is 0 Å². The molecule has 0 fully saturated rings. The van der Waals surface area contributed by atoms with Crippen LogP contribution in [0.15, 0.2) is 42.9 Å². The van der Waals surface area contributed by atoms with E-state index in [0.29, 0.717) is 0 Å². The van der Waals surface area contributed by atoms with Crippen molar-refractivity contribution in [3.05, 3.63) is 42.9 Å². The number of hydrogen-bond acceptors (Lipinski definition) is 3. The molecular formula is C8H8N4. The zero-order valence-corrected chi connectivity index (χ0v) is 6.38. The fourth-order valence-corrected chi connectivity index (χ4v) is 0.881. The lowest BCUT2D eigenvalue weighted by atomic mass is 10.5. The lowest BCUT2D eigenvalue weighted by Crippen LogP contribution is -2.09. The first kappa shape index (κ1) is 6.84. The monoisotopic (exact) mass is 160 g/mol. The Hall–Kier alpha value is -1.84. The van der Waals surface area contributed by atoms with Crippen molar-refractivity contribution >= 4 is 5.82 Å². The Labute approximate surface area is 69.8 Å². The molecule has 12 heavy (non-hydrogen) atoms. The number of pyridine rings is 1. The van der Waals surface area contributed by atoms with Gasteiger partial charge >= 0.3 is 0 Å². The second kappa shape index (κ2) is 3.04. The van der Waals surface area contributed by atoms with Gasteiger partial charge in [0, 0.05) is 12.4 Å². The third-order valence-corrected chi connectivity index (χ3v) is 1.40. The van der Waals surface area contributed by atoms with Gasteiger partial charge in [-0.3, -0.25) is 5.43 Å². The second-order valence-electron chi connectivity index (χ2n) is 2.28. The molecule has 0 amide bonds. The summed E-state index contributed by atoms with van der Waals surface area (Å²) in [5.74, 6) is 0.779. The molecule has 0 bridgehead atoms. The maximum Gasteiger partial charge on any atom is 0.146 e. The van der Waals surface area contributed by atoms with Crippen LogP contribution in [0.4, 0.5) is 5.82 Å². The third kappa shape index (κ3) is 1.42. The maximum atomic E-state index is 4.08. The molecule has 0 saturated heterocycles. The van der Waals surface area contributed by atoms with Crippen molar-refractivity contribution in [2.45, 2.75) is 0 Å². The van der Waals surface area contributed by atoms with E-state index in [2.05, 4.69) is 15.5 Å². The van der Waals surface area contributed by atoms with Crippen LogP contribution >= 0.6 is 0 Å². The van der Waals surface area contributed by atoms with Crippen LogP contribution in [0.25, 0.3) is 0 Å². The Bertz CT molecular complexity index is 327. The molecule has 4 heteroatoms. The van der Waals surface area contributed by atoms with E-state index < -0.39 is 0 Å². The van der Waals surface area contributed by atoms with Gasteiger partial charge in [0.05, 0.1) is 6.20 Å². The molecule has 2 aromatic heterocycles. The topological polar surface area (TPSA) is 42.7 Å². The van der Waals surface area contributed by atoms with Gasteiger partial charge in [0.1, 0.15) is 5.82 Å². The van der Waals surface area contributed by atoms with Crippen LogP contribution in [0.1, 0.15) is 0 Å². The highest BCUT2D eigenvalue weighted by Gasteiger charge is 1.90. The molecule has 2 rings (SSSR count). The molecule has 60 valence electrons. The minimum atomic E-state index is 0.779. The fraction of sp³-hybridized carbons (Fsp3) is 0. The lowest BCUT2D eigenvalue weighted by Gasteiger charge is -2.02. The minimum Gasteiger partial charge on any atom is -0.261 e. The van der Waals surface area contributed by atoms with E-state index in [0.717, 1.165) is 5.82 Å². The van der Waals surface area contributed by atoms with E-state index in [1.807, 2.05) is 30.5 Å². The number of rotatable bonds is 2. The summed E-state index contributed by atoms with van der Waals surface area (Å²) in [7, 11) is 0. The van der Waals surface area contributed by atoms with Gasteiger partial charge in [-0.2, -0.15) is 9.89 Å². The summed E-state index contributed by atoms with van der Waals surface area (Å²) in [6, 6.07) is 7.50. The van der Waals surface area contributed by atoms with Gasteiger partial charge in [-0.1, -0.05) is 6.07 Å². The Morgan fingerprint density at radius 2 is 2.17 bits per heavy atom. The first-order valence-electron chi connectivity index (χ1n) is 3.63. The Morgan fingerprint density at radius 3 is 2.83 bits per heavy atom. The Morgan fingerprint density at radius 1 is 1.17 bits per heavy atom. The molecule has 0 aromatic carbocycles. The summed E-state index contributed by atoms with van der Waals surface area (Å²) in [6.45, 7) is 0. The van der Waals surface area contributed by atoms with E-state index in [1.165, 1.54) is 0 Å². The van der Waals surface area contributed by atoms with Gasteiger partial charge in [0.15, 0.2) is 0 Å². The summed E-state index contributed by atoms with van der Waals surface area (Å²) < 4.78 is 0. The minimum absolute atomic E-state index is 0.779. The van der Waals surface area contributed by atoms with Crippen molar-refractivity contribution in [1.29, 1.82) is 0 Å². The molecule has 0 saturated carbocycles. The highest BCUT2D eigenvalue weighted by molar-refractivity contribution is 5.32. The van der Waals surface area contributed by atoms with Crippen LogP contribution < -0.4 is 5.43 Å². The molecule has 0 aliphatic carbocycles. The summed E-state index contributed by atoms with van der Waals surface area (Å²) in [5, 5.41) is 3.98. The van der Waals surface area contributed by atoms with Gasteiger partial charge in [-0.25, -0.2) is 4.98 Å². The second-order valence-corrected chi connectivity index (χ2v) is 2.28. The molecule has 0 unspecified atom stereocenters. The van der Waals surface area contributed by atoms with E-state index >= 15 is 0 Å². The van der Waals surface area contributed by atoms with Gasteiger partial charge < -0.3 is 0 Å². The molecule has 0 aliphatic heterocycles. The average molecular weight is 160 g/mol. The summed E-state index contributed by atoms with van der Waals surface area (Å²) >= 11 is 0. The number of nitrogens with one attached hydrogen (secondary N) is 1. The molecular weight excluding hydrogens is 152 g/mol. The summed E-state index contributed by atoms with van der Waals surface area (Å²) in [5.41, 5.74) is 2.98. The predicted molar refractivity (Wildman–Crippen MR) is 45.5 cm³/mol. The first-order valence-corrected chi connectivity index (χ1v) is 3.63. The maximum absolute atomic E-state index is 4.08. The number of anilines is 1. The molecule has 2 heterocycles. The highest BCUT2D eigenvalue weighted by Crippen LogP contribution is 1.99. The molecule has 0 radical (unpaired) electrons. The molecule has 0 atom stereocenters. The van der Waals surface area contributed by atoms with Gasteiger partial charge in [0.2, 0.25) is 0 Å². The number of aromatic nitrogens is 3. The van der Waals surface area contributed by atoms with Gasteiger partial charge in [-0.05, 0) is 18.2 Å². The average Bonchev–Trinajstić information content (AvgIpc) is 2.59. The normalized spacial score (nSPS) is 9.67. The van der Waals surface area contributed by atoms with E-state index in [4.69, 9.17) is 0 Å². The standard InChI is InChI=1S/C8H8N4/c1-2-5-9-8(4-1)11-12-7-3-6-10-12/h1-7H,(H,9,11). The Kier molecular flexibility index (Phi) is 1.74. The zero-order valence-electron chi connectivity index (χ0n) is 6.38. The summed E-state index contributed by atoms with van der Waals surface area (Å²) in [4.78, 5) is 5.68. The van der Waals surface area contributed by atoms with Gasteiger partial charge in [-0.15, -0.1) is 0 Å². The molecule has 1 N–H and O–H groups in total. The van der Waals surface area contributed by atoms with Gasteiger partial charge in [0.25, 0.3) is 0 Å². The van der Waals surface area contributed by atoms with E-state index in [9.17, 15) is 0 Å². The van der Waals surface area contributed by atoms with Crippen LogP contribution in [0.2, 0.25) is 0 Å². The van der Waals surface area contributed by atoms with Crippen molar-refractivity contribution in [2.24, 2.45) is 0 Å². The van der Waals surface area contributed by atoms with Crippen LogP contribution in [-0.4, -0.2) is 14.9 Å². The number of nitrogens with zero attached hydrogens (tertiary/aromatic N) is 3. The summed E-state index contributed by atoms with van der Waals surface area (Å²) in [6.07, 6.45) is 5.25. The van der Waals surface area contributed by atoms with Crippen molar-refractivity contribution < 1.29 is 0 Å². The smallest absolute Gasteiger partial charge is 0.146 e. The lowest BCUT2D eigenvalue weighted by molar-refractivity contribution is 0.796. The largest absolute Gasteiger partial charge is 0.261 e. The molecule has 2 aromatic rings. The predicted octanol–water partition coefficient (Wildman–Crippen LogP) is 1.15. The molecule has 0 aliphatic rings. The van der Waals surface area contributed by atoms with Crippen molar-refractivity contribution in [1.82, 2.24) is 14.9 Å². The fourth-order valence-electron chi connectivity index (χ4n) is 0.881.